The first-order valence-corrected chi connectivity index (χ1v) is 6.37. The molecule has 2 aromatic heterocycles. The van der Waals surface area contributed by atoms with E-state index >= 15 is 0 Å². The second-order valence-corrected chi connectivity index (χ2v) is 4.64. The molecular weight excluding hydrogens is 220 g/mol. The highest BCUT2D eigenvalue weighted by Gasteiger charge is 2.04. The molecule has 3 N–H and O–H groups in total. The Bertz CT molecular complexity index is 454. The second kappa shape index (κ2) is 5.23. The number of hydrogen-bond donors (Lipinski definition) is 2. The van der Waals surface area contributed by atoms with Crippen molar-refractivity contribution in [2.45, 2.75) is 25.8 Å². The van der Waals surface area contributed by atoms with Gasteiger partial charge in [0.2, 0.25) is 0 Å². The van der Waals surface area contributed by atoms with Crippen LogP contribution >= 0.6 is 11.3 Å². The van der Waals surface area contributed by atoms with E-state index in [1.54, 1.807) is 17.7 Å². The van der Waals surface area contributed by atoms with Gasteiger partial charge in [0.05, 0.1) is 5.39 Å². The third-order valence-electron chi connectivity index (χ3n) is 2.59. The van der Waals surface area contributed by atoms with Crippen LogP contribution in [-0.2, 0) is 0 Å². The fourth-order valence-corrected chi connectivity index (χ4v) is 2.24. The summed E-state index contributed by atoms with van der Waals surface area (Å²) in [4.78, 5) is 9.47. The lowest BCUT2D eigenvalue weighted by atomic mass is 10.2. The molecule has 0 bridgehead atoms. The first-order chi connectivity index (χ1) is 7.81. The average Bonchev–Trinajstić information content (AvgIpc) is 2.77. The van der Waals surface area contributed by atoms with Crippen LogP contribution < -0.4 is 11.1 Å². The van der Waals surface area contributed by atoms with Crippen molar-refractivity contribution in [1.29, 1.82) is 0 Å². The molecule has 0 aliphatic rings. The van der Waals surface area contributed by atoms with Gasteiger partial charge in [-0.25, -0.2) is 9.97 Å². The van der Waals surface area contributed by atoms with Gasteiger partial charge in [0.25, 0.3) is 0 Å². The number of thiophene rings is 1. The summed E-state index contributed by atoms with van der Waals surface area (Å²) in [5.74, 6) is 0.912. The van der Waals surface area contributed by atoms with E-state index in [9.17, 15) is 0 Å². The fraction of sp³-hybridized carbons (Fsp3) is 0.455. The number of nitrogens with two attached hydrogens (primary N) is 1. The van der Waals surface area contributed by atoms with Crippen LogP contribution in [0.5, 0.6) is 0 Å². The second-order valence-electron chi connectivity index (χ2n) is 3.75. The number of nitrogens with zero attached hydrogens (tertiary/aromatic N) is 2. The van der Waals surface area contributed by atoms with E-state index in [1.807, 2.05) is 11.4 Å². The summed E-state index contributed by atoms with van der Waals surface area (Å²) >= 11 is 1.63. The lowest BCUT2D eigenvalue weighted by molar-refractivity contribution is 0.613. The zero-order valence-corrected chi connectivity index (χ0v) is 10.1. The third-order valence-corrected chi connectivity index (χ3v) is 3.41. The molecule has 2 aromatic rings. The van der Waals surface area contributed by atoms with E-state index in [0.717, 1.165) is 35.4 Å². The largest absolute Gasteiger partial charge is 0.369 e. The van der Waals surface area contributed by atoms with Gasteiger partial charge in [0, 0.05) is 12.6 Å². The number of fused-ring (bicyclic) bond motifs is 1. The smallest absolute Gasteiger partial charge is 0.138 e. The summed E-state index contributed by atoms with van der Waals surface area (Å²) in [6.07, 6.45) is 3.58. The van der Waals surface area contributed by atoms with E-state index in [4.69, 9.17) is 5.73 Å². The summed E-state index contributed by atoms with van der Waals surface area (Å²) in [7, 11) is 0. The maximum atomic E-state index is 5.86. The molecule has 1 unspecified atom stereocenters. The molecule has 86 valence electrons. The van der Waals surface area contributed by atoms with Crippen molar-refractivity contribution in [2.75, 3.05) is 11.9 Å². The number of hydrogen-bond acceptors (Lipinski definition) is 5. The summed E-state index contributed by atoms with van der Waals surface area (Å²) in [5, 5.41) is 6.44. The van der Waals surface area contributed by atoms with E-state index in [0.29, 0.717) is 0 Å². The number of aromatic nitrogens is 2. The van der Waals surface area contributed by atoms with Crippen LogP contribution in [0.25, 0.3) is 10.2 Å². The molecule has 0 saturated carbocycles. The minimum absolute atomic E-state index is 0.271. The summed E-state index contributed by atoms with van der Waals surface area (Å²) in [5.41, 5.74) is 5.86. The van der Waals surface area contributed by atoms with Crippen molar-refractivity contribution in [3.05, 3.63) is 17.8 Å². The Morgan fingerprint density at radius 2 is 2.38 bits per heavy atom. The molecule has 1 atom stereocenters. The molecule has 0 aliphatic heterocycles. The minimum Gasteiger partial charge on any atom is -0.369 e. The van der Waals surface area contributed by atoms with Crippen LogP contribution in [0.3, 0.4) is 0 Å². The molecule has 4 nitrogen and oxygen atoms in total. The van der Waals surface area contributed by atoms with Gasteiger partial charge >= 0.3 is 0 Å². The molecule has 0 fully saturated rings. The normalized spacial score (nSPS) is 12.9. The summed E-state index contributed by atoms with van der Waals surface area (Å²) in [6, 6.07) is 2.31. The Balaban J connectivity index is 2.01. The van der Waals surface area contributed by atoms with Gasteiger partial charge in [0.15, 0.2) is 0 Å². The van der Waals surface area contributed by atoms with Crippen LogP contribution in [-0.4, -0.2) is 22.6 Å². The maximum Gasteiger partial charge on any atom is 0.138 e. The van der Waals surface area contributed by atoms with Crippen LogP contribution in [0.2, 0.25) is 0 Å². The fourth-order valence-electron chi connectivity index (χ4n) is 1.51. The zero-order valence-electron chi connectivity index (χ0n) is 9.31. The predicted octanol–water partition coefficient (Wildman–Crippen LogP) is 2.23. The molecule has 5 heteroatoms. The van der Waals surface area contributed by atoms with Gasteiger partial charge in [-0.15, -0.1) is 11.3 Å². The topological polar surface area (TPSA) is 63.8 Å². The van der Waals surface area contributed by atoms with Crippen LogP contribution in [0.4, 0.5) is 5.82 Å². The Morgan fingerprint density at radius 3 is 3.19 bits per heavy atom. The van der Waals surface area contributed by atoms with E-state index in [2.05, 4.69) is 22.2 Å². The predicted molar refractivity (Wildman–Crippen MR) is 68.8 cm³/mol. The van der Waals surface area contributed by atoms with Crippen molar-refractivity contribution >= 4 is 27.4 Å². The Morgan fingerprint density at radius 1 is 1.50 bits per heavy atom. The molecule has 2 heterocycles. The highest BCUT2D eigenvalue weighted by Crippen LogP contribution is 2.23. The highest BCUT2D eigenvalue weighted by molar-refractivity contribution is 7.16. The first-order valence-electron chi connectivity index (χ1n) is 5.49. The van der Waals surface area contributed by atoms with E-state index < -0.39 is 0 Å². The molecule has 0 amide bonds. The van der Waals surface area contributed by atoms with Gasteiger partial charge in [-0.2, -0.15) is 0 Å². The average molecular weight is 236 g/mol. The monoisotopic (exact) mass is 236 g/mol. The van der Waals surface area contributed by atoms with Crippen molar-refractivity contribution in [1.82, 2.24) is 9.97 Å². The number of nitrogens with one attached hydrogen (secondary N) is 1. The molecule has 0 radical (unpaired) electrons. The SMILES string of the molecule is CCC(N)CCNc1ncnc2sccc12. The lowest BCUT2D eigenvalue weighted by Gasteiger charge is -2.10. The minimum atomic E-state index is 0.271. The quantitative estimate of drug-likeness (QED) is 0.835. The number of rotatable bonds is 5. The maximum absolute atomic E-state index is 5.86. The third kappa shape index (κ3) is 2.48. The molecule has 2 rings (SSSR count). The van der Waals surface area contributed by atoms with E-state index in [-0.39, 0.29) is 6.04 Å². The molecule has 0 aromatic carbocycles. The van der Waals surface area contributed by atoms with Gasteiger partial charge in [-0.3, -0.25) is 0 Å². The first kappa shape index (κ1) is 11.3. The van der Waals surface area contributed by atoms with Gasteiger partial charge < -0.3 is 11.1 Å². The van der Waals surface area contributed by atoms with Crippen molar-refractivity contribution in [3.8, 4) is 0 Å². The van der Waals surface area contributed by atoms with E-state index in [1.165, 1.54) is 0 Å². The van der Waals surface area contributed by atoms with Gasteiger partial charge in [-0.05, 0) is 24.3 Å². The standard InChI is InChI=1S/C11H16N4S/c1-2-8(12)3-5-13-10-9-4-6-16-11(9)15-7-14-10/h4,6-8H,2-3,5,12H2,1H3,(H,13,14,15). The number of anilines is 1. The summed E-state index contributed by atoms with van der Waals surface area (Å²) < 4.78 is 0. The zero-order chi connectivity index (χ0) is 11.4. The van der Waals surface area contributed by atoms with Crippen LogP contribution in [0.1, 0.15) is 19.8 Å². The van der Waals surface area contributed by atoms with Gasteiger partial charge in [-0.1, -0.05) is 6.92 Å². The molecule has 0 aliphatic carbocycles. The van der Waals surface area contributed by atoms with Crippen LogP contribution in [0, 0.1) is 0 Å². The summed E-state index contributed by atoms with van der Waals surface area (Å²) in [6.45, 7) is 2.96. The Kier molecular flexibility index (Phi) is 3.69. The van der Waals surface area contributed by atoms with Crippen molar-refractivity contribution in [2.24, 2.45) is 5.73 Å². The lowest BCUT2D eigenvalue weighted by Crippen LogP contribution is -2.22. The molecule has 0 spiro atoms. The molecular formula is C11H16N4S. The highest BCUT2D eigenvalue weighted by atomic mass is 32.1. The Hall–Kier alpha value is -1.20. The molecule has 0 saturated heterocycles. The van der Waals surface area contributed by atoms with Gasteiger partial charge in [0.1, 0.15) is 17.0 Å². The Labute approximate surface area is 98.9 Å². The van der Waals surface area contributed by atoms with Crippen LogP contribution in [0.15, 0.2) is 17.8 Å². The van der Waals surface area contributed by atoms with Crippen molar-refractivity contribution < 1.29 is 0 Å². The molecule has 16 heavy (non-hydrogen) atoms. The van der Waals surface area contributed by atoms with Crippen molar-refractivity contribution in [3.63, 3.8) is 0 Å².